The Kier molecular flexibility index (Phi) is 7.62. The van der Waals surface area contributed by atoms with Crippen molar-refractivity contribution in [1.29, 1.82) is 0 Å². The monoisotopic (exact) mass is 523 g/mol. The molecule has 0 bridgehead atoms. The van der Waals surface area contributed by atoms with Gasteiger partial charge in [0.1, 0.15) is 5.60 Å². The lowest BCUT2D eigenvalue weighted by Crippen LogP contribution is -2.39. The van der Waals surface area contributed by atoms with Gasteiger partial charge in [-0.05, 0) is 56.4 Å². The molecule has 0 radical (unpaired) electrons. The molecule has 0 aliphatic carbocycles. The minimum atomic E-state index is -0.665. The van der Waals surface area contributed by atoms with Crippen LogP contribution in [-0.4, -0.2) is 39.5 Å². The van der Waals surface area contributed by atoms with E-state index in [1.807, 2.05) is 86.5 Å². The Morgan fingerprint density at radius 1 is 1.14 bits per heavy atom. The zero-order chi connectivity index (χ0) is 26.0. The number of amidine groups is 1. The minimum Gasteiger partial charge on any atom is -0.456 e. The summed E-state index contributed by atoms with van der Waals surface area (Å²) in [5.74, 6) is -0.460. The number of amides is 1. The van der Waals surface area contributed by atoms with Crippen molar-refractivity contribution in [2.75, 3.05) is 7.05 Å². The Hall–Kier alpha value is -3.03. The molecule has 0 N–H and O–H groups in total. The smallest absolute Gasteiger partial charge is 0.338 e. The highest BCUT2D eigenvalue weighted by atomic mass is 35.5. The van der Waals surface area contributed by atoms with Gasteiger partial charge in [0.25, 0.3) is 0 Å². The summed E-state index contributed by atoms with van der Waals surface area (Å²) < 4.78 is 5.77. The van der Waals surface area contributed by atoms with E-state index in [2.05, 4.69) is 0 Å². The molecule has 0 saturated heterocycles. The summed E-state index contributed by atoms with van der Waals surface area (Å²) in [5, 5.41) is 3.22. The number of carbonyl (C=O) groups is 2. The number of esters is 1. The number of benzene rings is 2. The standard InChI is InChI=1S/C28H30ClN3O3S/c1-18-24(26(34)35-28(2,3)4)25(20-12-9-13-21(29)14-20)32-22(17-36-27(32)30-18)15-23(33)31(5)16-19-10-7-6-8-11-19/h6-14,17,25H,15-16H2,1-5H3. The topological polar surface area (TPSA) is 62.2 Å². The molecule has 0 saturated carbocycles. The van der Waals surface area contributed by atoms with Crippen molar-refractivity contribution in [2.24, 2.45) is 4.99 Å². The molecule has 8 heteroatoms. The maximum atomic E-state index is 13.4. The Labute approximate surface area is 221 Å². The van der Waals surface area contributed by atoms with Gasteiger partial charge in [-0.15, -0.1) is 0 Å². The lowest BCUT2D eigenvalue weighted by atomic mass is 9.93. The maximum absolute atomic E-state index is 13.4. The van der Waals surface area contributed by atoms with Gasteiger partial charge in [0.05, 0.1) is 23.7 Å². The molecule has 2 aliphatic rings. The van der Waals surface area contributed by atoms with Crippen LogP contribution in [0, 0.1) is 0 Å². The lowest BCUT2D eigenvalue weighted by molar-refractivity contribution is -0.150. The first-order chi connectivity index (χ1) is 17.0. The fourth-order valence-corrected chi connectivity index (χ4v) is 5.35. The Morgan fingerprint density at radius 2 is 1.86 bits per heavy atom. The third-order valence-corrected chi connectivity index (χ3v) is 6.93. The van der Waals surface area contributed by atoms with Crippen molar-refractivity contribution >= 4 is 40.4 Å². The van der Waals surface area contributed by atoms with Gasteiger partial charge in [0, 0.05) is 24.3 Å². The van der Waals surface area contributed by atoms with Crippen molar-refractivity contribution in [2.45, 2.75) is 52.3 Å². The van der Waals surface area contributed by atoms with E-state index in [1.54, 1.807) is 18.0 Å². The summed E-state index contributed by atoms with van der Waals surface area (Å²) in [4.78, 5) is 35.0. The maximum Gasteiger partial charge on any atom is 0.338 e. The zero-order valence-electron chi connectivity index (χ0n) is 21.1. The van der Waals surface area contributed by atoms with Crippen molar-refractivity contribution in [3.8, 4) is 0 Å². The molecule has 2 aliphatic heterocycles. The summed E-state index contributed by atoms with van der Waals surface area (Å²) in [7, 11) is 1.80. The Bertz CT molecular complexity index is 1260. The van der Waals surface area contributed by atoms with Crippen LogP contribution < -0.4 is 0 Å². The highest BCUT2D eigenvalue weighted by Gasteiger charge is 2.42. The number of aliphatic imine (C=N–C) groups is 1. The molecule has 1 amide bonds. The average molecular weight is 524 g/mol. The van der Waals surface area contributed by atoms with Gasteiger partial charge in [0.15, 0.2) is 5.17 Å². The molecule has 1 unspecified atom stereocenters. The molecule has 2 aromatic carbocycles. The van der Waals surface area contributed by atoms with Crippen LogP contribution in [0.15, 0.2) is 82.0 Å². The molecular formula is C28H30ClN3O3S. The largest absolute Gasteiger partial charge is 0.456 e. The molecule has 0 spiro atoms. The number of nitrogens with zero attached hydrogens (tertiary/aromatic N) is 3. The van der Waals surface area contributed by atoms with Gasteiger partial charge in [-0.3, -0.25) is 4.79 Å². The second kappa shape index (κ2) is 10.5. The van der Waals surface area contributed by atoms with E-state index in [0.29, 0.717) is 22.8 Å². The molecule has 0 fully saturated rings. The van der Waals surface area contributed by atoms with Crippen LogP contribution in [-0.2, 0) is 20.9 Å². The highest BCUT2D eigenvalue weighted by molar-refractivity contribution is 8.16. The highest BCUT2D eigenvalue weighted by Crippen LogP contribution is 2.45. The summed E-state index contributed by atoms with van der Waals surface area (Å²) in [6.07, 6.45) is 0.174. The first-order valence-corrected chi connectivity index (χ1v) is 13.0. The second-order valence-corrected chi connectivity index (χ2v) is 11.1. The zero-order valence-corrected chi connectivity index (χ0v) is 22.7. The molecule has 6 nitrogen and oxygen atoms in total. The number of rotatable bonds is 6. The third-order valence-electron chi connectivity index (χ3n) is 5.80. The van der Waals surface area contributed by atoms with Gasteiger partial charge in [-0.25, -0.2) is 9.79 Å². The van der Waals surface area contributed by atoms with E-state index in [-0.39, 0.29) is 12.3 Å². The molecule has 188 valence electrons. The van der Waals surface area contributed by atoms with E-state index in [4.69, 9.17) is 21.3 Å². The first kappa shape index (κ1) is 26.0. The number of halogens is 1. The van der Waals surface area contributed by atoms with E-state index in [9.17, 15) is 9.59 Å². The summed E-state index contributed by atoms with van der Waals surface area (Å²) in [6, 6.07) is 16.8. The SMILES string of the molecule is CC1=C(C(=O)OC(C)(C)C)C(c2cccc(Cl)c2)N2C(CC(=O)N(C)Cc3ccccc3)=CSC2=N1. The van der Waals surface area contributed by atoms with Gasteiger partial charge in [-0.2, -0.15) is 0 Å². The molecule has 0 aromatic heterocycles. The number of allylic oxidation sites excluding steroid dienone is 1. The van der Waals surface area contributed by atoms with Crippen molar-refractivity contribution in [3.05, 3.63) is 93.1 Å². The number of hydrogen-bond donors (Lipinski definition) is 0. The van der Waals surface area contributed by atoms with Gasteiger partial charge >= 0.3 is 5.97 Å². The van der Waals surface area contributed by atoms with Crippen LogP contribution in [0.5, 0.6) is 0 Å². The number of carbonyl (C=O) groups excluding carboxylic acids is 2. The van der Waals surface area contributed by atoms with Gasteiger partial charge in [-0.1, -0.05) is 65.8 Å². The fourth-order valence-electron chi connectivity index (χ4n) is 4.19. The lowest BCUT2D eigenvalue weighted by Gasteiger charge is -2.37. The van der Waals surface area contributed by atoms with Crippen LogP contribution in [0.25, 0.3) is 0 Å². The molecule has 2 aromatic rings. The van der Waals surface area contributed by atoms with Crippen LogP contribution in [0.1, 0.15) is 51.3 Å². The van der Waals surface area contributed by atoms with Crippen LogP contribution in [0.4, 0.5) is 0 Å². The van der Waals surface area contributed by atoms with Crippen molar-refractivity contribution in [1.82, 2.24) is 9.80 Å². The van der Waals surface area contributed by atoms with E-state index < -0.39 is 17.6 Å². The number of ether oxygens (including phenoxy) is 1. The number of thioether (sulfide) groups is 1. The molecule has 2 heterocycles. The van der Waals surface area contributed by atoms with Crippen LogP contribution in [0.2, 0.25) is 5.02 Å². The fraction of sp³-hybridized carbons (Fsp3) is 0.321. The Morgan fingerprint density at radius 3 is 2.53 bits per heavy atom. The van der Waals surface area contributed by atoms with Crippen molar-refractivity contribution in [3.63, 3.8) is 0 Å². The normalized spacial score (nSPS) is 17.4. The van der Waals surface area contributed by atoms with Crippen LogP contribution in [0.3, 0.4) is 0 Å². The molecule has 1 atom stereocenters. The van der Waals surface area contributed by atoms with E-state index in [1.165, 1.54) is 11.8 Å². The number of hydrogen-bond acceptors (Lipinski definition) is 6. The molecule has 4 rings (SSSR count). The second-order valence-electron chi connectivity index (χ2n) is 9.86. The summed E-state index contributed by atoms with van der Waals surface area (Å²) in [5.41, 5.74) is 3.04. The Balaban J connectivity index is 1.66. The van der Waals surface area contributed by atoms with E-state index in [0.717, 1.165) is 22.0 Å². The van der Waals surface area contributed by atoms with Crippen molar-refractivity contribution < 1.29 is 14.3 Å². The van der Waals surface area contributed by atoms with Gasteiger partial charge < -0.3 is 14.5 Å². The summed E-state index contributed by atoms with van der Waals surface area (Å²) >= 11 is 7.80. The average Bonchev–Trinajstić information content (AvgIpc) is 3.19. The molecule has 36 heavy (non-hydrogen) atoms. The van der Waals surface area contributed by atoms with E-state index >= 15 is 0 Å². The first-order valence-electron chi connectivity index (χ1n) is 11.7. The summed E-state index contributed by atoms with van der Waals surface area (Å²) in [6.45, 7) is 7.85. The number of fused-ring (bicyclic) bond motifs is 1. The van der Waals surface area contributed by atoms with Gasteiger partial charge in [0.2, 0.25) is 5.91 Å². The van der Waals surface area contributed by atoms with Crippen LogP contribution >= 0.6 is 23.4 Å². The minimum absolute atomic E-state index is 0.0260. The predicted octanol–water partition coefficient (Wildman–Crippen LogP) is 6.31. The predicted molar refractivity (Wildman–Crippen MR) is 145 cm³/mol. The molecular weight excluding hydrogens is 494 g/mol. The third kappa shape index (κ3) is 5.85. The quantitative estimate of drug-likeness (QED) is 0.415.